The lowest BCUT2D eigenvalue weighted by Crippen LogP contribution is -2.35. The van der Waals surface area contributed by atoms with Crippen LogP contribution in [0.1, 0.15) is 0 Å². The van der Waals surface area contributed by atoms with Crippen LogP contribution >= 0.6 is 24.4 Å². The summed E-state index contributed by atoms with van der Waals surface area (Å²) in [6, 6.07) is 5.29. The van der Waals surface area contributed by atoms with Crippen molar-refractivity contribution in [3.05, 3.63) is 18.2 Å². The summed E-state index contributed by atoms with van der Waals surface area (Å²) < 4.78 is 5.19. The lowest BCUT2D eigenvalue weighted by Gasteiger charge is -2.14. The predicted octanol–water partition coefficient (Wildman–Crippen LogP) is 0.0154. The third kappa shape index (κ3) is 3.96. The maximum Gasteiger partial charge on any atom is 0.185 e. The van der Waals surface area contributed by atoms with E-state index in [-0.39, 0.29) is 5.11 Å². The average molecular weight is 286 g/mol. The molecule has 0 fully saturated rings. The van der Waals surface area contributed by atoms with Gasteiger partial charge in [-0.2, -0.15) is 0 Å². The van der Waals surface area contributed by atoms with Crippen molar-refractivity contribution < 1.29 is 4.74 Å². The summed E-state index contributed by atoms with van der Waals surface area (Å²) in [5, 5.41) is 6.32. The Hall–Kier alpha value is -1.68. The van der Waals surface area contributed by atoms with Gasteiger partial charge in [-0.3, -0.25) is 0 Å². The Labute approximate surface area is 115 Å². The molecule has 0 unspecified atom stereocenters. The fourth-order valence-electron chi connectivity index (χ4n) is 1.21. The van der Waals surface area contributed by atoms with Crippen molar-refractivity contribution in [1.82, 2.24) is 10.9 Å². The minimum absolute atomic E-state index is 0.268. The van der Waals surface area contributed by atoms with Crippen molar-refractivity contribution in [2.75, 3.05) is 17.7 Å². The number of anilines is 2. The SMILES string of the molecule is COc1ccc(NC(=S)NN)cc1NC(=S)NN. The van der Waals surface area contributed by atoms with E-state index in [1.165, 1.54) is 0 Å². The van der Waals surface area contributed by atoms with E-state index in [2.05, 4.69) is 21.5 Å². The van der Waals surface area contributed by atoms with E-state index in [4.69, 9.17) is 40.9 Å². The molecule has 1 aromatic carbocycles. The first kappa shape index (κ1) is 14.4. The molecule has 0 aromatic heterocycles. The number of nitrogens with two attached hydrogens (primary N) is 2. The molecular weight excluding hydrogens is 272 g/mol. The highest BCUT2D eigenvalue weighted by molar-refractivity contribution is 7.80. The molecule has 7 nitrogen and oxygen atoms in total. The van der Waals surface area contributed by atoms with Gasteiger partial charge in [-0.15, -0.1) is 0 Å². The molecule has 0 amide bonds. The largest absolute Gasteiger partial charge is 0.495 e. The summed E-state index contributed by atoms with van der Waals surface area (Å²) in [7, 11) is 1.55. The highest BCUT2D eigenvalue weighted by Crippen LogP contribution is 2.27. The molecule has 0 bridgehead atoms. The van der Waals surface area contributed by atoms with Crippen molar-refractivity contribution in [2.45, 2.75) is 0 Å². The third-order valence-electron chi connectivity index (χ3n) is 1.97. The van der Waals surface area contributed by atoms with Crippen molar-refractivity contribution in [3.8, 4) is 5.75 Å². The van der Waals surface area contributed by atoms with Gasteiger partial charge in [-0.1, -0.05) is 0 Å². The molecule has 8 N–H and O–H groups in total. The molecule has 0 spiro atoms. The van der Waals surface area contributed by atoms with Gasteiger partial charge >= 0.3 is 0 Å². The highest BCUT2D eigenvalue weighted by Gasteiger charge is 2.06. The summed E-state index contributed by atoms with van der Waals surface area (Å²) in [4.78, 5) is 0. The van der Waals surface area contributed by atoms with E-state index in [9.17, 15) is 0 Å². The van der Waals surface area contributed by atoms with Crippen LogP contribution < -0.4 is 37.9 Å². The number of benzene rings is 1. The number of nitrogens with one attached hydrogen (secondary N) is 4. The van der Waals surface area contributed by atoms with Crippen LogP contribution in [0.5, 0.6) is 5.75 Å². The maximum absolute atomic E-state index is 5.19. The Bertz CT molecular complexity index is 453. The minimum atomic E-state index is 0.268. The second kappa shape index (κ2) is 6.91. The lowest BCUT2D eigenvalue weighted by molar-refractivity contribution is 0.417. The van der Waals surface area contributed by atoms with Gasteiger partial charge in [0.1, 0.15) is 5.75 Å². The zero-order valence-electron chi connectivity index (χ0n) is 9.61. The Balaban J connectivity index is 2.94. The molecule has 0 atom stereocenters. The van der Waals surface area contributed by atoms with Gasteiger partial charge in [0.05, 0.1) is 12.8 Å². The van der Waals surface area contributed by atoms with E-state index in [0.29, 0.717) is 16.5 Å². The predicted molar refractivity (Wildman–Crippen MR) is 80.1 cm³/mol. The van der Waals surface area contributed by atoms with Gasteiger partial charge in [-0.05, 0) is 42.6 Å². The number of ether oxygens (including phenoxy) is 1. The quantitative estimate of drug-likeness (QED) is 0.260. The van der Waals surface area contributed by atoms with Crippen LogP contribution in [0.4, 0.5) is 11.4 Å². The fourth-order valence-corrected chi connectivity index (χ4v) is 1.44. The van der Waals surface area contributed by atoms with Crippen LogP contribution in [-0.4, -0.2) is 17.3 Å². The molecule has 18 heavy (non-hydrogen) atoms. The van der Waals surface area contributed by atoms with Gasteiger partial charge in [0.25, 0.3) is 0 Å². The van der Waals surface area contributed by atoms with Crippen molar-refractivity contribution in [2.24, 2.45) is 11.7 Å². The van der Waals surface area contributed by atoms with Gasteiger partial charge in [0.15, 0.2) is 10.2 Å². The zero-order valence-corrected chi connectivity index (χ0v) is 11.2. The van der Waals surface area contributed by atoms with Gasteiger partial charge in [0, 0.05) is 5.69 Å². The second-order valence-corrected chi connectivity index (χ2v) is 3.93. The summed E-state index contributed by atoms with van der Waals surface area (Å²) in [5.41, 5.74) is 6.01. The molecule has 1 rings (SSSR count). The molecular formula is C9H14N6OS2. The molecule has 0 aliphatic rings. The molecule has 0 saturated heterocycles. The zero-order chi connectivity index (χ0) is 13.5. The second-order valence-electron chi connectivity index (χ2n) is 3.11. The molecule has 0 radical (unpaired) electrons. The monoisotopic (exact) mass is 286 g/mol. The average Bonchev–Trinajstić information content (AvgIpc) is 2.38. The van der Waals surface area contributed by atoms with Crippen LogP contribution in [0, 0.1) is 0 Å². The Morgan fingerprint density at radius 1 is 1.11 bits per heavy atom. The van der Waals surface area contributed by atoms with Gasteiger partial charge < -0.3 is 26.2 Å². The standard InChI is InChI=1S/C9H14N6OS2/c1-16-7-3-2-5(12-8(17)14-10)4-6(7)13-9(18)15-11/h2-4H,10-11H2,1H3,(H2,12,14,17)(H2,13,15,18). The van der Waals surface area contributed by atoms with Crippen LogP contribution in [0.2, 0.25) is 0 Å². The number of hydrazine groups is 2. The van der Waals surface area contributed by atoms with Crippen LogP contribution in [0.3, 0.4) is 0 Å². The first-order chi connectivity index (χ1) is 8.60. The van der Waals surface area contributed by atoms with E-state index in [0.717, 1.165) is 5.69 Å². The van der Waals surface area contributed by atoms with Crippen molar-refractivity contribution >= 4 is 46.0 Å². The molecule has 1 aromatic rings. The Morgan fingerprint density at radius 3 is 2.28 bits per heavy atom. The van der Waals surface area contributed by atoms with Crippen LogP contribution in [0.25, 0.3) is 0 Å². The van der Waals surface area contributed by atoms with E-state index < -0.39 is 0 Å². The normalized spacial score (nSPS) is 9.28. The fraction of sp³-hybridized carbons (Fsp3) is 0.111. The molecule has 9 heteroatoms. The smallest absolute Gasteiger partial charge is 0.185 e. The number of hydrogen-bond donors (Lipinski definition) is 6. The summed E-state index contributed by atoms with van der Waals surface area (Å²) in [6.45, 7) is 0. The maximum atomic E-state index is 5.19. The van der Waals surface area contributed by atoms with Gasteiger partial charge in [-0.25, -0.2) is 11.7 Å². The van der Waals surface area contributed by atoms with E-state index in [1.54, 1.807) is 25.3 Å². The highest BCUT2D eigenvalue weighted by atomic mass is 32.1. The topological polar surface area (TPSA) is 109 Å². The number of methoxy groups -OCH3 is 1. The minimum Gasteiger partial charge on any atom is -0.495 e. The molecule has 0 heterocycles. The number of hydrogen-bond acceptors (Lipinski definition) is 5. The first-order valence-electron chi connectivity index (χ1n) is 4.84. The Morgan fingerprint density at radius 2 is 1.72 bits per heavy atom. The van der Waals surface area contributed by atoms with Crippen molar-refractivity contribution in [1.29, 1.82) is 0 Å². The summed E-state index contributed by atoms with van der Waals surface area (Å²) in [5.74, 6) is 11.0. The number of thiocarbonyl (C=S) groups is 2. The lowest BCUT2D eigenvalue weighted by atomic mass is 10.2. The van der Waals surface area contributed by atoms with Crippen molar-refractivity contribution in [3.63, 3.8) is 0 Å². The molecule has 0 aliphatic heterocycles. The van der Waals surface area contributed by atoms with Crippen LogP contribution in [0.15, 0.2) is 18.2 Å². The third-order valence-corrected chi connectivity index (χ3v) is 2.41. The van der Waals surface area contributed by atoms with Gasteiger partial charge in [0.2, 0.25) is 0 Å². The molecule has 0 saturated carbocycles. The summed E-state index contributed by atoms with van der Waals surface area (Å²) in [6.07, 6.45) is 0. The van der Waals surface area contributed by atoms with E-state index in [1.807, 2.05) is 0 Å². The molecule has 98 valence electrons. The molecule has 0 aliphatic carbocycles. The van der Waals surface area contributed by atoms with Crippen LogP contribution in [-0.2, 0) is 0 Å². The number of rotatable bonds is 3. The Kier molecular flexibility index (Phi) is 5.52. The summed E-state index contributed by atoms with van der Waals surface area (Å²) >= 11 is 9.81. The first-order valence-corrected chi connectivity index (χ1v) is 5.65. The van der Waals surface area contributed by atoms with E-state index >= 15 is 0 Å².